The number of benzene rings is 1. The number of alkyl halides is 3. The van der Waals surface area contributed by atoms with Gasteiger partial charge >= 0.3 is 6.18 Å². The lowest BCUT2D eigenvalue weighted by Gasteiger charge is -2.18. The minimum atomic E-state index is -4.39. The summed E-state index contributed by atoms with van der Waals surface area (Å²) in [5.74, 6) is 5.42. The average molecular weight is 337 g/mol. The average Bonchev–Trinajstić information content (AvgIpc) is 2.29. The minimum Gasteiger partial charge on any atom is -0.271 e. The molecule has 0 radical (unpaired) electrons. The number of hydrogen-bond donors (Lipinski definition) is 2. The summed E-state index contributed by atoms with van der Waals surface area (Å²) in [7, 11) is 0. The summed E-state index contributed by atoms with van der Waals surface area (Å²) in [5.41, 5.74) is 3.33. The molecule has 1 rings (SSSR count). The van der Waals surface area contributed by atoms with Crippen LogP contribution in [0.15, 0.2) is 34.8 Å². The molecule has 0 bridgehead atoms. The zero-order valence-electron chi connectivity index (χ0n) is 10.5. The lowest BCUT2D eigenvalue weighted by molar-refractivity contribution is -0.138. The molecule has 1 unspecified atom stereocenters. The van der Waals surface area contributed by atoms with Crippen LogP contribution in [0.2, 0.25) is 0 Å². The van der Waals surface area contributed by atoms with E-state index < -0.39 is 11.7 Å². The number of nitrogens with one attached hydrogen (secondary N) is 1. The molecule has 1 aromatic rings. The first-order chi connectivity index (χ1) is 8.75. The third-order valence-electron chi connectivity index (χ3n) is 2.76. The van der Waals surface area contributed by atoms with E-state index in [9.17, 15) is 13.2 Å². The summed E-state index contributed by atoms with van der Waals surface area (Å²) < 4.78 is 38.5. The van der Waals surface area contributed by atoms with Crippen LogP contribution < -0.4 is 11.3 Å². The Balaban J connectivity index is 3.02. The normalized spacial score (nSPS) is 13.4. The zero-order valence-corrected chi connectivity index (χ0v) is 12.1. The smallest absolute Gasteiger partial charge is 0.271 e. The molecule has 0 saturated heterocycles. The summed E-state index contributed by atoms with van der Waals surface area (Å²) in [5, 5.41) is 0. The highest BCUT2D eigenvalue weighted by Crippen LogP contribution is 2.36. The van der Waals surface area contributed by atoms with Crippen LogP contribution in [0.5, 0.6) is 0 Å². The van der Waals surface area contributed by atoms with Gasteiger partial charge in [0.2, 0.25) is 0 Å². The number of nitrogens with two attached hydrogens (primary N) is 1. The second-order valence-corrected chi connectivity index (χ2v) is 5.31. The van der Waals surface area contributed by atoms with E-state index in [-0.39, 0.29) is 10.5 Å². The van der Waals surface area contributed by atoms with Gasteiger partial charge in [0, 0.05) is 10.5 Å². The molecular formula is C13H16BrF3N2. The third-order valence-corrected chi connectivity index (χ3v) is 3.45. The van der Waals surface area contributed by atoms with E-state index in [1.165, 1.54) is 6.07 Å². The largest absolute Gasteiger partial charge is 0.417 e. The molecular weight excluding hydrogens is 321 g/mol. The van der Waals surface area contributed by atoms with Crippen molar-refractivity contribution in [1.82, 2.24) is 5.43 Å². The van der Waals surface area contributed by atoms with Crippen molar-refractivity contribution < 1.29 is 13.2 Å². The van der Waals surface area contributed by atoms with Gasteiger partial charge in [-0.25, -0.2) is 0 Å². The van der Waals surface area contributed by atoms with Crippen molar-refractivity contribution >= 4 is 15.9 Å². The van der Waals surface area contributed by atoms with Crippen molar-refractivity contribution in [1.29, 1.82) is 0 Å². The fraction of sp³-hybridized carbons (Fsp3) is 0.385. The summed E-state index contributed by atoms with van der Waals surface area (Å²) in [6.07, 6.45) is -3.08. The van der Waals surface area contributed by atoms with E-state index in [0.29, 0.717) is 18.4 Å². The Hall–Kier alpha value is -0.850. The highest BCUT2D eigenvalue weighted by Gasteiger charge is 2.33. The van der Waals surface area contributed by atoms with Gasteiger partial charge in [0.25, 0.3) is 0 Å². The van der Waals surface area contributed by atoms with E-state index in [0.717, 1.165) is 11.6 Å². The molecule has 0 spiro atoms. The van der Waals surface area contributed by atoms with Gasteiger partial charge in [0.05, 0.1) is 5.56 Å². The van der Waals surface area contributed by atoms with Crippen molar-refractivity contribution in [3.63, 3.8) is 0 Å². The number of hydrogen-bond acceptors (Lipinski definition) is 2. The van der Waals surface area contributed by atoms with Crippen molar-refractivity contribution in [3.05, 3.63) is 46.0 Å². The van der Waals surface area contributed by atoms with Crippen LogP contribution in [-0.4, -0.2) is 0 Å². The Kier molecular flexibility index (Phi) is 5.58. The highest BCUT2D eigenvalue weighted by atomic mass is 79.9. The fourth-order valence-corrected chi connectivity index (χ4v) is 2.19. The maximum atomic E-state index is 12.8. The van der Waals surface area contributed by atoms with Crippen LogP contribution in [0.3, 0.4) is 0 Å². The molecule has 3 N–H and O–H groups in total. The maximum Gasteiger partial charge on any atom is 0.417 e. The second-order valence-electron chi connectivity index (χ2n) is 4.45. The van der Waals surface area contributed by atoms with Gasteiger partial charge in [-0.1, -0.05) is 27.6 Å². The Bertz CT molecular complexity index is 458. The number of allylic oxidation sites excluding steroid dienone is 1. The predicted octanol–water partition coefficient (Wildman–Crippen LogP) is 4.33. The summed E-state index contributed by atoms with van der Waals surface area (Å²) >= 11 is 2.91. The second kappa shape index (κ2) is 6.54. The molecule has 106 valence electrons. The number of halogens is 4. The van der Waals surface area contributed by atoms with Gasteiger partial charge in [-0.2, -0.15) is 13.2 Å². The van der Waals surface area contributed by atoms with E-state index >= 15 is 0 Å². The molecule has 1 aromatic carbocycles. The number of hydrazine groups is 1. The molecule has 0 aliphatic heterocycles. The maximum absolute atomic E-state index is 12.8. The zero-order chi connectivity index (χ0) is 14.6. The third kappa shape index (κ3) is 4.63. The standard InChI is InChI=1S/C13H16BrF3N2/c1-8(2)3-6-12(19-18)9-4-5-11(14)10(7-9)13(15,16)17/h4-5,7,12,19H,1,3,6,18H2,2H3. The van der Waals surface area contributed by atoms with Gasteiger partial charge in [0.15, 0.2) is 0 Å². The number of rotatable bonds is 5. The first kappa shape index (κ1) is 16.2. The molecule has 0 fully saturated rings. The molecule has 0 aliphatic carbocycles. The predicted molar refractivity (Wildman–Crippen MR) is 73.3 cm³/mol. The Morgan fingerprint density at radius 2 is 2.11 bits per heavy atom. The fourth-order valence-electron chi connectivity index (χ4n) is 1.71. The first-order valence-electron chi connectivity index (χ1n) is 5.73. The Morgan fingerprint density at radius 1 is 1.47 bits per heavy atom. The van der Waals surface area contributed by atoms with Crippen LogP contribution in [0, 0.1) is 0 Å². The highest BCUT2D eigenvalue weighted by molar-refractivity contribution is 9.10. The first-order valence-corrected chi connectivity index (χ1v) is 6.52. The molecule has 0 amide bonds. The summed E-state index contributed by atoms with van der Waals surface area (Å²) in [6.45, 7) is 5.64. The lowest BCUT2D eigenvalue weighted by atomic mass is 9.98. The van der Waals surface area contributed by atoms with Crippen LogP contribution in [0.25, 0.3) is 0 Å². The van der Waals surface area contributed by atoms with Crippen LogP contribution in [0.1, 0.15) is 36.9 Å². The van der Waals surface area contributed by atoms with Crippen molar-refractivity contribution in [2.24, 2.45) is 5.84 Å². The van der Waals surface area contributed by atoms with Crippen molar-refractivity contribution in [2.45, 2.75) is 32.0 Å². The van der Waals surface area contributed by atoms with E-state index in [1.54, 1.807) is 6.07 Å². The van der Waals surface area contributed by atoms with Gasteiger partial charge in [-0.05, 0) is 37.5 Å². The van der Waals surface area contributed by atoms with Gasteiger partial charge in [0.1, 0.15) is 0 Å². The quantitative estimate of drug-likeness (QED) is 0.477. The molecule has 0 saturated carbocycles. The summed E-state index contributed by atoms with van der Waals surface area (Å²) in [6, 6.07) is 3.81. The van der Waals surface area contributed by atoms with E-state index in [1.807, 2.05) is 6.92 Å². The lowest BCUT2D eigenvalue weighted by Crippen LogP contribution is -2.28. The molecule has 2 nitrogen and oxygen atoms in total. The van der Waals surface area contributed by atoms with Crippen molar-refractivity contribution in [2.75, 3.05) is 0 Å². The van der Waals surface area contributed by atoms with Crippen molar-refractivity contribution in [3.8, 4) is 0 Å². The molecule has 6 heteroatoms. The Labute approximate surface area is 119 Å². The van der Waals surface area contributed by atoms with Gasteiger partial charge < -0.3 is 0 Å². The topological polar surface area (TPSA) is 38.0 Å². The molecule has 0 aromatic heterocycles. The van der Waals surface area contributed by atoms with Crippen LogP contribution >= 0.6 is 15.9 Å². The minimum absolute atomic E-state index is 0.0272. The van der Waals surface area contributed by atoms with Gasteiger partial charge in [-0.3, -0.25) is 11.3 Å². The SMILES string of the molecule is C=C(C)CCC(NN)c1ccc(Br)c(C(F)(F)F)c1. The van der Waals surface area contributed by atoms with E-state index in [2.05, 4.69) is 27.9 Å². The van der Waals surface area contributed by atoms with Crippen LogP contribution in [0.4, 0.5) is 13.2 Å². The molecule has 1 atom stereocenters. The summed E-state index contributed by atoms with van der Waals surface area (Å²) in [4.78, 5) is 0. The molecule has 0 heterocycles. The Morgan fingerprint density at radius 3 is 2.58 bits per heavy atom. The van der Waals surface area contributed by atoms with Gasteiger partial charge in [-0.15, -0.1) is 6.58 Å². The van der Waals surface area contributed by atoms with Crippen LogP contribution in [-0.2, 0) is 6.18 Å². The monoisotopic (exact) mass is 336 g/mol. The molecule has 19 heavy (non-hydrogen) atoms. The van der Waals surface area contributed by atoms with E-state index in [4.69, 9.17) is 5.84 Å². The molecule has 0 aliphatic rings.